The van der Waals surface area contributed by atoms with E-state index in [1.54, 1.807) is 24.3 Å². The van der Waals surface area contributed by atoms with Crippen LogP contribution < -0.4 is 0 Å². The summed E-state index contributed by atoms with van der Waals surface area (Å²) in [6.07, 6.45) is 8.69. The van der Waals surface area contributed by atoms with Gasteiger partial charge in [-0.15, -0.1) is 0 Å². The summed E-state index contributed by atoms with van der Waals surface area (Å²) < 4.78 is 1.88. The number of Topliss-reactive ketones (excluding diaryl/α,β-unsaturated/α-hetero) is 1. The Bertz CT molecular complexity index is 1210. The molecule has 2 fully saturated rings. The molecule has 1 saturated carbocycles. The SMILES string of the molecule is CC(=O)c1cccc(C(=O)N2CCCC[C@H]2c2cc3nc(C4CC[C@H](C)C4)c(C)cn3n2)c1. The van der Waals surface area contributed by atoms with Crippen molar-refractivity contribution in [1.82, 2.24) is 19.5 Å². The van der Waals surface area contributed by atoms with Gasteiger partial charge in [-0.3, -0.25) is 9.59 Å². The molecule has 1 aliphatic carbocycles. The van der Waals surface area contributed by atoms with Crippen molar-refractivity contribution in [2.45, 2.75) is 71.3 Å². The molecule has 1 aliphatic heterocycles. The second-order valence-corrected chi connectivity index (χ2v) is 9.94. The molecule has 1 saturated heterocycles. The van der Waals surface area contributed by atoms with Gasteiger partial charge in [-0.1, -0.05) is 25.5 Å². The fourth-order valence-corrected chi connectivity index (χ4v) is 5.59. The minimum Gasteiger partial charge on any atom is -0.330 e. The fraction of sp³-hybridized carbons (Fsp3) is 0.481. The lowest BCUT2D eigenvalue weighted by Gasteiger charge is -2.34. The predicted octanol–water partition coefficient (Wildman–Crippen LogP) is 5.51. The highest BCUT2D eigenvalue weighted by molar-refractivity contribution is 5.99. The number of ketones is 1. The van der Waals surface area contributed by atoms with Crippen molar-refractivity contribution >= 4 is 17.3 Å². The van der Waals surface area contributed by atoms with Gasteiger partial charge in [0.25, 0.3) is 5.91 Å². The van der Waals surface area contributed by atoms with Gasteiger partial charge in [0.1, 0.15) is 0 Å². The zero-order chi connectivity index (χ0) is 23.1. The van der Waals surface area contributed by atoms with Crippen LogP contribution in [-0.4, -0.2) is 37.7 Å². The Hall–Kier alpha value is -3.02. The molecule has 6 nitrogen and oxygen atoms in total. The van der Waals surface area contributed by atoms with Crippen LogP contribution >= 0.6 is 0 Å². The number of nitrogens with zero attached hydrogens (tertiary/aromatic N) is 4. The van der Waals surface area contributed by atoms with E-state index in [9.17, 15) is 9.59 Å². The topological polar surface area (TPSA) is 67.6 Å². The molecule has 3 atom stereocenters. The minimum atomic E-state index is -0.0795. The Kier molecular flexibility index (Phi) is 5.77. The number of aromatic nitrogens is 3. The third-order valence-electron chi connectivity index (χ3n) is 7.39. The lowest BCUT2D eigenvalue weighted by atomic mass is 9.97. The monoisotopic (exact) mass is 444 g/mol. The van der Waals surface area contributed by atoms with E-state index in [0.29, 0.717) is 23.6 Å². The molecule has 2 aromatic heterocycles. The van der Waals surface area contributed by atoms with E-state index in [4.69, 9.17) is 10.1 Å². The van der Waals surface area contributed by atoms with E-state index < -0.39 is 0 Å². The largest absolute Gasteiger partial charge is 0.330 e. The van der Waals surface area contributed by atoms with E-state index in [1.165, 1.54) is 37.4 Å². The summed E-state index contributed by atoms with van der Waals surface area (Å²) in [6.45, 7) is 6.68. The highest BCUT2D eigenvalue weighted by Crippen LogP contribution is 2.39. The quantitative estimate of drug-likeness (QED) is 0.498. The van der Waals surface area contributed by atoms with Crippen molar-refractivity contribution in [2.24, 2.45) is 5.92 Å². The maximum Gasteiger partial charge on any atom is 0.254 e. The molecule has 1 amide bonds. The van der Waals surface area contributed by atoms with Crippen molar-refractivity contribution < 1.29 is 9.59 Å². The van der Waals surface area contributed by atoms with Crippen LogP contribution in [0, 0.1) is 12.8 Å². The van der Waals surface area contributed by atoms with Crippen molar-refractivity contribution in [3.63, 3.8) is 0 Å². The van der Waals surface area contributed by atoms with E-state index in [2.05, 4.69) is 26.1 Å². The molecule has 1 unspecified atom stereocenters. The molecular weight excluding hydrogens is 412 g/mol. The normalized spacial score (nSPS) is 23.2. The number of fused-ring (bicyclic) bond motifs is 1. The summed E-state index contributed by atoms with van der Waals surface area (Å²) >= 11 is 0. The minimum absolute atomic E-state index is 0.0332. The van der Waals surface area contributed by atoms with Gasteiger partial charge in [0.2, 0.25) is 0 Å². The second-order valence-electron chi connectivity index (χ2n) is 9.94. The Morgan fingerprint density at radius 2 is 1.88 bits per heavy atom. The van der Waals surface area contributed by atoms with E-state index in [-0.39, 0.29) is 17.7 Å². The first-order valence-electron chi connectivity index (χ1n) is 12.2. The number of amides is 1. The van der Waals surface area contributed by atoms with Crippen molar-refractivity contribution in [3.05, 3.63) is 64.6 Å². The van der Waals surface area contributed by atoms with E-state index >= 15 is 0 Å². The molecule has 0 N–H and O–H groups in total. The summed E-state index contributed by atoms with van der Waals surface area (Å²) in [5.41, 5.74) is 5.28. The summed E-state index contributed by atoms with van der Waals surface area (Å²) in [4.78, 5) is 32.2. The molecule has 3 aromatic rings. The lowest BCUT2D eigenvalue weighted by Crippen LogP contribution is -2.38. The molecule has 3 heterocycles. The number of carbonyl (C=O) groups is 2. The molecule has 0 spiro atoms. The van der Waals surface area contributed by atoms with Gasteiger partial charge >= 0.3 is 0 Å². The Morgan fingerprint density at radius 1 is 1.06 bits per heavy atom. The van der Waals surface area contributed by atoms with Crippen LogP contribution in [0.1, 0.15) is 102 Å². The smallest absolute Gasteiger partial charge is 0.254 e. The summed E-state index contributed by atoms with van der Waals surface area (Å²) in [6, 6.07) is 9.02. The molecule has 5 rings (SSSR count). The van der Waals surface area contributed by atoms with Crippen LogP contribution in [0.15, 0.2) is 36.5 Å². The van der Waals surface area contributed by atoms with Gasteiger partial charge in [-0.25, -0.2) is 9.50 Å². The molecule has 1 aromatic carbocycles. The molecule has 0 radical (unpaired) electrons. The first-order valence-corrected chi connectivity index (χ1v) is 12.2. The summed E-state index contributed by atoms with van der Waals surface area (Å²) in [5.74, 6) is 1.22. The van der Waals surface area contributed by atoms with Crippen LogP contribution in [0.5, 0.6) is 0 Å². The van der Waals surface area contributed by atoms with Gasteiger partial charge in [-0.2, -0.15) is 5.10 Å². The number of benzene rings is 1. The number of likely N-dealkylation sites (tertiary alicyclic amines) is 1. The molecule has 2 aliphatic rings. The number of aryl methyl sites for hydroxylation is 1. The molecule has 6 heteroatoms. The number of hydrogen-bond donors (Lipinski definition) is 0. The first kappa shape index (κ1) is 21.8. The Labute approximate surface area is 195 Å². The number of carbonyl (C=O) groups excluding carboxylic acids is 2. The molecule has 33 heavy (non-hydrogen) atoms. The average molecular weight is 445 g/mol. The van der Waals surface area contributed by atoms with Crippen LogP contribution in [0.4, 0.5) is 0 Å². The third kappa shape index (κ3) is 4.19. The van der Waals surface area contributed by atoms with Crippen molar-refractivity contribution in [1.29, 1.82) is 0 Å². The van der Waals surface area contributed by atoms with Gasteiger partial charge < -0.3 is 4.90 Å². The van der Waals surface area contributed by atoms with Gasteiger partial charge in [0, 0.05) is 35.9 Å². The second kappa shape index (κ2) is 8.73. The van der Waals surface area contributed by atoms with Gasteiger partial charge in [0.05, 0.1) is 17.4 Å². The van der Waals surface area contributed by atoms with Gasteiger partial charge in [-0.05, 0) is 69.6 Å². The van der Waals surface area contributed by atoms with Crippen LogP contribution in [0.2, 0.25) is 0 Å². The fourth-order valence-electron chi connectivity index (χ4n) is 5.59. The maximum absolute atomic E-state index is 13.5. The van der Waals surface area contributed by atoms with E-state index in [0.717, 1.165) is 36.5 Å². The predicted molar refractivity (Wildman–Crippen MR) is 128 cm³/mol. The number of piperidine rings is 1. The van der Waals surface area contributed by atoms with Crippen LogP contribution in [-0.2, 0) is 0 Å². The Balaban J connectivity index is 1.46. The lowest BCUT2D eigenvalue weighted by molar-refractivity contribution is 0.0605. The summed E-state index contributed by atoms with van der Waals surface area (Å²) in [7, 11) is 0. The molecule has 172 valence electrons. The average Bonchev–Trinajstić information content (AvgIpc) is 3.43. The van der Waals surface area contributed by atoms with Gasteiger partial charge in [0.15, 0.2) is 11.4 Å². The van der Waals surface area contributed by atoms with Crippen molar-refractivity contribution in [3.8, 4) is 0 Å². The zero-order valence-corrected chi connectivity index (χ0v) is 19.8. The maximum atomic E-state index is 13.5. The third-order valence-corrected chi connectivity index (χ3v) is 7.39. The highest BCUT2D eigenvalue weighted by atomic mass is 16.2. The summed E-state index contributed by atoms with van der Waals surface area (Å²) in [5, 5.41) is 4.86. The highest BCUT2D eigenvalue weighted by Gasteiger charge is 2.31. The standard InChI is InChI=1S/C27H32N4O2/c1-17-10-11-21(13-17)26-18(2)16-31-25(28-26)15-23(29-31)24-9-4-5-12-30(24)27(33)22-8-6-7-20(14-22)19(3)32/h6-8,14-17,21,24H,4-5,9-13H2,1-3H3/t17-,21?,24-/m0/s1. The zero-order valence-electron chi connectivity index (χ0n) is 19.8. The van der Waals surface area contributed by atoms with Crippen LogP contribution in [0.25, 0.3) is 5.65 Å². The van der Waals surface area contributed by atoms with Crippen molar-refractivity contribution in [2.75, 3.05) is 6.54 Å². The first-order chi connectivity index (χ1) is 15.9. The van der Waals surface area contributed by atoms with Crippen LogP contribution in [0.3, 0.4) is 0 Å². The molecule has 0 bridgehead atoms. The number of rotatable bonds is 4. The van der Waals surface area contributed by atoms with E-state index in [1.807, 2.05) is 9.42 Å². The number of hydrogen-bond acceptors (Lipinski definition) is 4. The molecular formula is C27H32N4O2. The Morgan fingerprint density at radius 3 is 2.64 bits per heavy atom.